The fourth-order valence-electron chi connectivity index (χ4n) is 2.25. The van der Waals surface area contributed by atoms with Crippen LogP contribution in [0.1, 0.15) is 24.3 Å². The van der Waals surface area contributed by atoms with Crippen LogP contribution in [0.2, 0.25) is 0 Å². The third-order valence-electron chi connectivity index (χ3n) is 3.22. The Labute approximate surface area is 95.5 Å². The topological polar surface area (TPSA) is 49.3 Å². The van der Waals surface area contributed by atoms with Gasteiger partial charge in [-0.05, 0) is 18.4 Å². The molecular formula is C13H17NO2. The fraction of sp³-hybridized carbons (Fsp3) is 0.462. The first-order valence-electron chi connectivity index (χ1n) is 5.74. The number of carbonyl (C=O) groups excluding carboxylic acids is 1. The highest BCUT2D eigenvalue weighted by molar-refractivity contribution is 5.80. The maximum atomic E-state index is 11.5. The van der Waals surface area contributed by atoms with E-state index in [1.165, 1.54) is 0 Å². The summed E-state index contributed by atoms with van der Waals surface area (Å²) in [7, 11) is 0. The molecule has 1 aromatic rings. The Morgan fingerprint density at radius 1 is 1.38 bits per heavy atom. The molecule has 2 atom stereocenters. The van der Waals surface area contributed by atoms with Crippen molar-refractivity contribution in [2.75, 3.05) is 13.2 Å². The van der Waals surface area contributed by atoms with Crippen LogP contribution in [-0.2, 0) is 4.79 Å². The van der Waals surface area contributed by atoms with E-state index in [9.17, 15) is 9.90 Å². The molecule has 1 aliphatic heterocycles. The van der Waals surface area contributed by atoms with Crippen molar-refractivity contribution < 1.29 is 9.90 Å². The normalized spacial score (nSPS) is 21.8. The van der Waals surface area contributed by atoms with Crippen molar-refractivity contribution in [1.82, 2.24) is 5.32 Å². The molecule has 1 fully saturated rings. The molecule has 0 unspecified atom stereocenters. The van der Waals surface area contributed by atoms with Crippen molar-refractivity contribution >= 4 is 5.91 Å². The summed E-state index contributed by atoms with van der Waals surface area (Å²) in [6.07, 6.45) is 1.63. The van der Waals surface area contributed by atoms with E-state index in [2.05, 4.69) is 5.32 Å². The van der Waals surface area contributed by atoms with Gasteiger partial charge < -0.3 is 10.4 Å². The first-order valence-corrected chi connectivity index (χ1v) is 5.74. The van der Waals surface area contributed by atoms with Gasteiger partial charge in [0, 0.05) is 25.0 Å². The van der Waals surface area contributed by atoms with Crippen LogP contribution in [0.5, 0.6) is 0 Å². The summed E-state index contributed by atoms with van der Waals surface area (Å²) < 4.78 is 0. The predicted octanol–water partition coefficient (Wildman–Crippen LogP) is 1.29. The molecular weight excluding hydrogens is 202 g/mol. The zero-order valence-corrected chi connectivity index (χ0v) is 9.23. The number of aliphatic hydroxyl groups is 1. The molecule has 1 saturated heterocycles. The van der Waals surface area contributed by atoms with Crippen molar-refractivity contribution in [3.8, 4) is 0 Å². The van der Waals surface area contributed by atoms with E-state index in [1.807, 2.05) is 30.3 Å². The summed E-state index contributed by atoms with van der Waals surface area (Å²) in [5.41, 5.74) is 1.12. The molecule has 0 aliphatic carbocycles. The Morgan fingerprint density at radius 3 is 2.69 bits per heavy atom. The van der Waals surface area contributed by atoms with Crippen molar-refractivity contribution in [1.29, 1.82) is 0 Å². The molecule has 86 valence electrons. The molecule has 2 N–H and O–H groups in total. The van der Waals surface area contributed by atoms with E-state index in [0.29, 0.717) is 0 Å². The molecule has 1 amide bonds. The predicted molar refractivity (Wildman–Crippen MR) is 62.0 cm³/mol. The molecule has 0 spiro atoms. The van der Waals surface area contributed by atoms with Gasteiger partial charge in [0.05, 0.1) is 0 Å². The molecule has 1 heterocycles. The zero-order chi connectivity index (χ0) is 11.4. The van der Waals surface area contributed by atoms with Gasteiger partial charge in [0.25, 0.3) is 0 Å². The Balaban J connectivity index is 2.03. The summed E-state index contributed by atoms with van der Waals surface area (Å²) in [4.78, 5) is 11.5. The van der Waals surface area contributed by atoms with E-state index >= 15 is 0 Å². The molecule has 0 saturated carbocycles. The highest BCUT2D eigenvalue weighted by Gasteiger charge is 2.27. The summed E-state index contributed by atoms with van der Waals surface area (Å²) in [5, 5.41) is 12.2. The van der Waals surface area contributed by atoms with E-state index in [1.54, 1.807) is 0 Å². The second-order valence-electron chi connectivity index (χ2n) is 4.30. The van der Waals surface area contributed by atoms with Gasteiger partial charge >= 0.3 is 0 Å². The summed E-state index contributed by atoms with van der Waals surface area (Å²) in [6.45, 7) is 0.879. The molecule has 1 aliphatic rings. The third kappa shape index (κ3) is 2.42. The van der Waals surface area contributed by atoms with Gasteiger partial charge in [-0.3, -0.25) is 4.79 Å². The molecule has 16 heavy (non-hydrogen) atoms. The van der Waals surface area contributed by atoms with Gasteiger partial charge in [0.2, 0.25) is 5.91 Å². The number of hydrogen-bond acceptors (Lipinski definition) is 2. The molecule has 0 radical (unpaired) electrons. The molecule has 1 aromatic carbocycles. The number of benzene rings is 1. The van der Waals surface area contributed by atoms with Crippen LogP contribution in [0, 0.1) is 5.92 Å². The quantitative estimate of drug-likeness (QED) is 0.801. The smallest absolute Gasteiger partial charge is 0.223 e. The van der Waals surface area contributed by atoms with Crippen molar-refractivity contribution in [3.05, 3.63) is 35.9 Å². The SMILES string of the molecule is O=C1NCC[C@@H]1C[C@@H](CO)c1ccccc1. The van der Waals surface area contributed by atoms with E-state index < -0.39 is 0 Å². The van der Waals surface area contributed by atoms with Crippen molar-refractivity contribution in [3.63, 3.8) is 0 Å². The second kappa shape index (κ2) is 5.12. The van der Waals surface area contributed by atoms with Crippen LogP contribution >= 0.6 is 0 Å². The second-order valence-corrected chi connectivity index (χ2v) is 4.30. The zero-order valence-electron chi connectivity index (χ0n) is 9.23. The number of aliphatic hydroxyl groups excluding tert-OH is 1. The van der Waals surface area contributed by atoms with E-state index in [4.69, 9.17) is 0 Å². The molecule has 3 heteroatoms. The fourth-order valence-corrected chi connectivity index (χ4v) is 2.25. The Bertz CT molecular complexity index is 350. The minimum absolute atomic E-state index is 0.0670. The Kier molecular flexibility index (Phi) is 3.57. The molecule has 3 nitrogen and oxygen atoms in total. The molecule has 0 bridgehead atoms. The lowest BCUT2D eigenvalue weighted by Crippen LogP contribution is -2.21. The summed E-state index contributed by atoms with van der Waals surface area (Å²) in [5.74, 6) is 0.279. The monoisotopic (exact) mass is 219 g/mol. The third-order valence-corrected chi connectivity index (χ3v) is 3.22. The maximum absolute atomic E-state index is 11.5. The van der Waals surface area contributed by atoms with Crippen LogP contribution in [0.4, 0.5) is 0 Å². The lowest BCUT2D eigenvalue weighted by molar-refractivity contribution is -0.122. The Hall–Kier alpha value is -1.35. The van der Waals surface area contributed by atoms with Gasteiger partial charge in [-0.25, -0.2) is 0 Å². The number of amides is 1. The lowest BCUT2D eigenvalue weighted by Gasteiger charge is -2.17. The molecule has 0 aromatic heterocycles. The number of hydrogen-bond donors (Lipinski definition) is 2. The van der Waals surface area contributed by atoms with Gasteiger partial charge in [0.1, 0.15) is 0 Å². The number of nitrogens with one attached hydrogen (secondary N) is 1. The average Bonchev–Trinajstić information content (AvgIpc) is 2.73. The largest absolute Gasteiger partial charge is 0.396 e. The lowest BCUT2D eigenvalue weighted by atomic mass is 9.88. The minimum atomic E-state index is 0.0670. The highest BCUT2D eigenvalue weighted by Crippen LogP contribution is 2.26. The summed E-state index contributed by atoms with van der Waals surface area (Å²) in [6, 6.07) is 9.90. The van der Waals surface area contributed by atoms with Gasteiger partial charge in [-0.15, -0.1) is 0 Å². The first-order chi connectivity index (χ1) is 7.81. The van der Waals surface area contributed by atoms with Crippen LogP contribution in [-0.4, -0.2) is 24.2 Å². The van der Waals surface area contributed by atoms with Crippen LogP contribution in [0.15, 0.2) is 30.3 Å². The van der Waals surface area contributed by atoms with Gasteiger partial charge in [0.15, 0.2) is 0 Å². The van der Waals surface area contributed by atoms with Crippen LogP contribution in [0.25, 0.3) is 0 Å². The van der Waals surface area contributed by atoms with Crippen molar-refractivity contribution in [2.24, 2.45) is 5.92 Å². The first kappa shape index (κ1) is 11.1. The standard InChI is InChI=1S/C13H17NO2/c15-9-12(10-4-2-1-3-5-10)8-11-6-7-14-13(11)16/h1-5,11-12,15H,6-9H2,(H,14,16)/t11-,12+/m1/s1. The Morgan fingerprint density at radius 2 is 2.12 bits per heavy atom. The number of carbonyl (C=O) groups is 1. The van der Waals surface area contributed by atoms with E-state index in [0.717, 1.165) is 24.9 Å². The summed E-state index contributed by atoms with van der Waals surface area (Å²) >= 11 is 0. The number of rotatable bonds is 4. The minimum Gasteiger partial charge on any atom is -0.396 e. The highest BCUT2D eigenvalue weighted by atomic mass is 16.3. The van der Waals surface area contributed by atoms with E-state index in [-0.39, 0.29) is 24.3 Å². The van der Waals surface area contributed by atoms with Gasteiger partial charge in [-0.1, -0.05) is 30.3 Å². The average molecular weight is 219 g/mol. The van der Waals surface area contributed by atoms with Crippen molar-refractivity contribution in [2.45, 2.75) is 18.8 Å². The van der Waals surface area contributed by atoms with Crippen LogP contribution < -0.4 is 5.32 Å². The maximum Gasteiger partial charge on any atom is 0.223 e. The van der Waals surface area contributed by atoms with Crippen LogP contribution in [0.3, 0.4) is 0 Å². The molecule has 2 rings (SSSR count). The van der Waals surface area contributed by atoms with Gasteiger partial charge in [-0.2, -0.15) is 0 Å².